The van der Waals surface area contributed by atoms with E-state index in [2.05, 4.69) is 5.32 Å². The van der Waals surface area contributed by atoms with Crippen molar-refractivity contribution in [2.75, 3.05) is 18.4 Å². The summed E-state index contributed by atoms with van der Waals surface area (Å²) >= 11 is 0. The largest absolute Gasteiger partial charge is 0.325 e. The van der Waals surface area contributed by atoms with E-state index in [1.54, 1.807) is 4.90 Å². The second-order valence-electron chi connectivity index (χ2n) is 5.91. The fraction of sp³-hybridized carbons (Fsp3) is 0.562. The molecule has 0 unspecified atom stereocenters. The molecule has 2 amide bonds. The van der Waals surface area contributed by atoms with Crippen LogP contribution < -0.4 is 5.32 Å². The molecule has 1 atom stereocenters. The number of carbonyl (C=O) groups excluding carboxylic acids is 1. The Kier molecular flexibility index (Phi) is 6.40. The Morgan fingerprint density at radius 1 is 1.24 bits per heavy atom. The second-order valence-corrected chi connectivity index (χ2v) is 8.11. The smallest absolute Gasteiger partial charge is 0.321 e. The molecule has 1 rings (SSSR count). The van der Waals surface area contributed by atoms with Crippen LogP contribution in [0.1, 0.15) is 40.2 Å². The quantitative estimate of drug-likeness (QED) is 0.903. The molecule has 1 aromatic carbocycles. The molecule has 0 saturated carbocycles. The lowest BCUT2D eigenvalue weighted by molar-refractivity contribution is 0.217. The van der Waals surface area contributed by atoms with E-state index < -0.39 is 10.8 Å². The molecule has 0 radical (unpaired) electrons. The third kappa shape index (κ3) is 5.50. The minimum atomic E-state index is -0.944. The van der Waals surface area contributed by atoms with Crippen LogP contribution in [0.5, 0.6) is 0 Å². The number of rotatable bonds is 5. The normalized spacial score (nSPS) is 12.8. The van der Waals surface area contributed by atoms with E-state index in [-0.39, 0.29) is 10.8 Å². The SMILES string of the molecule is CCN(CC)C(=O)Nc1cccc(C[S@](=O)C(C)(C)C)c1. The number of benzene rings is 1. The summed E-state index contributed by atoms with van der Waals surface area (Å²) in [6.07, 6.45) is 0. The average molecular weight is 310 g/mol. The van der Waals surface area contributed by atoms with E-state index in [0.717, 1.165) is 11.3 Å². The summed E-state index contributed by atoms with van der Waals surface area (Å²) in [7, 11) is -0.944. The van der Waals surface area contributed by atoms with Gasteiger partial charge in [-0.2, -0.15) is 0 Å². The molecule has 0 spiro atoms. The van der Waals surface area contributed by atoms with Crippen molar-refractivity contribution in [2.45, 2.75) is 45.1 Å². The number of nitrogens with one attached hydrogen (secondary N) is 1. The fourth-order valence-corrected chi connectivity index (χ4v) is 2.74. The van der Waals surface area contributed by atoms with E-state index >= 15 is 0 Å². The third-order valence-corrected chi connectivity index (χ3v) is 5.17. The maximum atomic E-state index is 12.2. The van der Waals surface area contributed by atoms with Gasteiger partial charge in [-0.1, -0.05) is 12.1 Å². The molecule has 5 heteroatoms. The van der Waals surface area contributed by atoms with Crippen LogP contribution >= 0.6 is 0 Å². The monoisotopic (exact) mass is 310 g/mol. The number of nitrogens with zero attached hydrogens (tertiary/aromatic N) is 1. The van der Waals surface area contributed by atoms with Crippen LogP contribution in [-0.2, 0) is 16.6 Å². The Bertz CT molecular complexity index is 505. The maximum Gasteiger partial charge on any atom is 0.321 e. The zero-order valence-corrected chi connectivity index (χ0v) is 14.4. The van der Waals surface area contributed by atoms with Gasteiger partial charge in [-0.15, -0.1) is 0 Å². The molecule has 1 aromatic rings. The van der Waals surface area contributed by atoms with E-state index in [1.807, 2.05) is 58.9 Å². The van der Waals surface area contributed by atoms with Gasteiger partial charge in [0.05, 0.1) is 0 Å². The van der Waals surface area contributed by atoms with E-state index in [4.69, 9.17) is 0 Å². The number of hydrogen-bond acceptors (Lipinski definition) is 2. The summed E-state index contributed by atoms with van der Waals surface area (Å²) in [5.41, 5.74) is 1.72. The van der Waals surface area contributed by atoms with Gasteiger partial charge in [0.25, 0.3) is 0 Å². The van der Waals surface area contributed by atoms with Gasteiger partial charge in [0.2, 0.25) is 0 Å². The summed E-state index contributed by atoms with van der Waals surface area (Å²) in [5, 5.41) is 2.88. The van der Waals surface area contributed by atoms with Gasteiger partial charge in [-0.25, -0.2) is 4.79 Å². The van der Waals surface area contributed by atoms with E-state index in [9.17, 15) is 9.00 Å². The highest BCUT2D eigenvalue weighted by atomic mass is 32.2. The van der Waals surface area contributed by atoms with Gasteiger partial charge in [-0.05, 0) is 52.3 Å². The minimum absolute atomic E-state index is 0.103. The lowest BCUT2D eigenvalue weighted by Crippen LogP contribution is -2.34. The van der Waals surface area contributed by atoms with Crippen LogP contribution in [0.4, 0.5) is 10.5 Å². The van der Waals surface area contributed by atoms with Crippen LogP contribution in [-0.4, -0.2) is 33.0 Å². The minimum Gasteiger partial charge on any atom is -0.325 e. The first-order chi connectivity index (χ1) is 9.77. The van der Waals surface area contributed by atoms with Crippen molar-refractivity contribution >= 4 is 22.5 Å². The Hall–Kier alpha value is -1.36. The highest BCUT2D eigenvalue weighted by Gasteiger charge is 2.19. The zero-order valence-electron chi connectivity index (χ0n) is 13.6. The first-order valence-corrected chi connectivity index (χ1v) is 8.63. The van der Waals surface area contributed by atoms with Crippen molar-refractivity contribution in [2.24, 2.45) is 0 Å². The summed E-state index contributed by atoms with van der Waals surface area (Å²) in [6, 6.07) is 7.47. The van der Waals surface area contributed by atoms with Gasteiger partial charge in [0.1, 0.15) is 0 Å². The van der Waals surface area contributed by atoms with Gasteiger partial charge in [0, 0.05) is 40.1 Å². The molecule has 0 aromatic heterocycles. The van der Waals surface area contributed by atoms with Crippen molar-refractivity contribution in [1.29, 1.82) is 0 Å². The highest BCUT2D eigenvalue weighted by molar-refractivity contribution is 7.85. The summed E-state index contributed by atoms with van der Waals surface area (Å²) in [5.74, 6) is 0.498. The Morgan fingerprint density at radius 2 is 1.86 bits per heavy atom. The van der Waals surface area contributed by atoms with Gasteiger partial charge in [0.15, 0.2) is 0 Å². The number of urea groups is 1. The molecule has 0 bridgehead atoms. The van der Waals surface area contributed by atoms with Crippen LogP contribution in [0.15, 0.2) is 24.3 Å². The van der Waals surface area contributed by atoms with Crippen molar-refractivity contribution in [3.63, 3.8) is 0 Å². The van der Waals surface area contributed by atoms with Crippen molar-refractivity contribution in [3.8, 4) is 0 Å². The van der Waals surface area contributed by atoms with Crippen LogP contribution in [0.25, 0.3) is 0 Å². The van der Waals surface area contributed by atoms with E-state index in [1.165, 1.54) is 0 Å². The van der Waals surface area contributed by atoms with Crippen molar-refractivity contribution in [1.82, 2.24) is 4.90 Å². The fourth-order valence-electron chi connectivity index (χ4n) is 1.82. The number of carbonyl (C=O) groups is 1. The molecule has 0 aliphatic carbocycles. The molecule has 0 aliphatic heterocycles. The highest BCUT2D eigenvalue weighted by Crippen LogP contribution is 2.18. The third-order valence-electron chi connectivity index (χ3n) is 3.21. The summed E-state index contributed by atoms with van der Waals surface area (Å²) < 4.78 is 11.9. The number of anilines is 1. The molecule has 118 valence electrons. The predicted molar refractivity (Wildman–Crippen MR) is 90.0 cm³/mol. The average Bonchev–Trinajstić information content (AvgIpc) is 2.39. The molecule has 21 heavy (non-hydrogen) atoms. The molecular weight excluding hydrogens is 284 g/mol. The van der Waals surface area contributed by atoms with Crippen molar-refractivity contribution in [3.05, 3.63) is 29.8 Å². The molecule has 0 fully saturated rings. The molecule has 0 saturated heterocycles. The molecule has 0 aliphatic rings. The van der Waals surface area contributed by atoms with Gasteiger partial charge < -0.3 is 10.2 Å². The molecule has 1 N–H and O–H groups in total. The molecular formula is C16H26N2O2S. The lowest BCUT2D eigenvalue weighted by Gasteiger charge is -2.20. The van der Waals surface area contributed by atoms with Crippen LogP contribution in [0, 0.1) is 0 Å². The Labute approximate surface area is 130 Å². The maximum absolute atomic E-state index is 12.2. The van der Waals surface area contributed by atoms with Gasteiger partial charge in [-0.3, -0.25) is 4.21 Å². The van der Waals surface area contributed by atoms with E-state index in [0.29, 0.717) is 18.8 Å². The molecule has 4 nitrogen and oxygen atoms in total. The van der Waals surface area contributed by atoms with Crippen LogP contribution in [0.2, 0.25) is 0 Å². The summed E-state index contributed by atoms with van der Waals surface area (Å²) in [6.45, 7) is 11.2. The predicted octanol–water partition coefficient (Wildman–Crippen LogP) is 3.61. The number of hydrogen-bond donors (Lipinski definition) is 1. The second kappa shape index (κ2) is 7.59. The Morgan fingerprint density at radius 3 is 2.38 bits per heavy atom. The van der Waals surface area contributed by atoms with Gasteiger partial charge >= 0.3 is 6.03 Å². The first-order valence-electron chi connectivity index (χ1n) is 7.31. The van der Waals surface area contributed by atoms with Crippen LogP contribution in [0.3, 0.4) is 0 Å². The van der Waals surface area contributed by atoms with Crippen molar-refractivity contribution < 1.29 is 9.00 Å². The lowest BCUT2D eigenvalue weighted by atomic mass is 10.2. The number of amides is 2. The Balaban J connectivity index is 2.77. The molecule has 0 heterocycles. The summed E-state index contributed by atoms with van der Waals surface area (Å²) in [4.78, 5) is 13.7. The zero-order chi connectivity index (χ0) is 16.0. The topological polar surface area (TPSA) is 49.4 Å². The first kappa shape index (κ1) is 17.7. The standard InChI is InChI=1S/C16H26N2O2S/c1-6-18(7-2)15(19)17-14-10-8-9-13(11-14)12-21(20)16(3,4)5/h8-11H,6-7,12H2,1-5H3,(H,17,19)/t21-/m0/s1.